The monoisotopic (exact) mass is 464 g/mol. The molecule has 0 N–H and O–H groups in total. The first-order chi connectivity index (χ1) is 14.9. The number of aromatic nitrogens is 2. The molecule has 4 rings (SSSR count). The predicted octanol–water partition coefficient (Wildman–Crippen LogP) is 4.15. The van der Waals surface area contributed by atoms with E-state index in [9.17, 15) is 9.18 Å². The second kappa shape index (κ2) is 9.21. The summed E-state index contributed by atoms with van der Waals surface area (Å²) in [5.41, 5.74) is 0.941. The Morgan fingerprint density at radius 1 is 1.13 bits per heavy atom. The molecule has 1 fully saturated rings. The van der Waals surface area contributed by atoms with Crippen LogP contribution in [0.15, 0.2) is 40.9 Å². The molecule has 0 bridgehead atoms. The standard InChI is InChI=1S/C21H19Cl2FN4O3/c1-30-14-4-2-13(3-5-14)20-25-19(31-26-20)12-27-6-8-28(9-7-27)21(29)15-10-18(24)17(23)11-16(15)22/h2-5,10-11H,6-9,12H2,1H3. The van der Waals surface area contributed by atoms with Gasteiger partial charge in [-0.1, -0.05) is 28.4 Å². The van der Waals surface area contributed by atoms with E-state index in [-0.39, 0.29) is 21.5 Å². The van der Waals surface area contributed by atoms with Gasteiger partial charge in [0.15, 0.2) is 0 Å². The molecule has 3 aromatic rings. The summed E-state index contributed by atoms with van der Waals surface area (Å²) >= 11 is 11.8. The number of carbonyl (C=O) groups excluding carboxylic acids is 1. The Balaban J connectivity index is 1.35. The van der Waals surface area contributed by atoms with E-state index in [0.717, 1.165) is 17.4 Å². The lowest BCUT2D eigenvalue weighted by Crippen LogP contribution is -2.48. The van der Waals surface area contributed by atoms with Crippen molar-refractivity contribution in [2.45, 2.75) is 6.54 Å². The second-order valence-corrected chi connectivity index (χ2v) is 7.87. The molecule has 31 heavy (non-hydrogen) atoms. The number of hydrogen-bond donors (Lipinski definition) is 0. The van der Waals surface area contributed by atoms with Crippen molar-refractivity contribution >= 4 is 29.1 Å². The van der Waals surface area contributed by atoms with Crippen molar-refractivity contribution in [3.63, 3.8) is 0 Å². The summed E-state index contributed by atoms with van der Waals surface area (Å²) in [7, 11) is 1.61. The summed E-state index contributed by atoms with van der Waals surface area (Å²) < 4.78 is 24.3. The first-order valence-electron chi connectivity index (χ1n) is 9.58. The molecule has 1 amide bonds. The zero-order valence-electron chi connectivity index (χ0n) is 16.6. The molecule has 0 saturated carbocycles. The second-order valence-electron chi connectivity index (χ2n) is 7.05. The Morgan fingerprint density at radius 3 is 2.52 bits per heavy atom. The van der Waals surface area contributed by atoms with Crippen LogP contribution in [0.1, 0.15) is 16.2 Å². The number of carbonyl (C=O) groups is 1. The van der Waals surface area contributed by atoms with Gasteiger partial charge in [-0.2, -0.15) is 4.98 Å². The summed E-state index contributed by atoms with van der Waals surface area (Å²) in [5, 5.41) is 4.06. The lowest BCUT2D eigenvalue weighted by Gasteiger charge is -2.34. The Kier molecular flexibility index (Phi) is 6.41. The van der Waals surface area contributed by atoms with Crippen molar-refractivity contribution in [1.29, 1.82) is 0 Å². The third kappa shape index (κ3) is 4.81. The van der Waals surface area contributed by atoms with Crippen LogP contribution in [0.4, 0.5) is 4.39 Å². The summed E-state index contributed by atoms with van der Waals surface area (Å²) in [6, 6.07) is 9.72. The number of rotatable bonds is 5. The van der Waals surface area contributed by atoms with E-state index in [4.69, 9.17) is 32.5 Å². The molecule has 1 aliphatic heterocycles. The maximum Gasteiger partial charge on any atom is 0.255 e. The highest BCUT2D eigenvalue weighted by Gasteiger charge is 2.25. The van der Waals surface area contributed by atoms with Crippen molar-refractivity contribution in [1.82, 2.24) is 19.9 Å². The van der Waals surface area contributed by atoms with E-state index in [2.05, 4.69) is 15.0 Å². The number of hydrogen-bond acceptors (Lipinski definition) is 6. The molecular weight excluding hydrogens is 446 g/mol. The quantitative estimate of drug-likeness (QED) is 0.528. The molecule has 162 valence electrons. The van der Waals surface area contributed by atoms with Gasteiger partial charge in [0.25, 0.3) is 5.91 Å². The molecule has 0 atom stereocenters. The van der Waals surface area contributed by atoms with E-state index in [1.807, 2.05) is 24.3 Å². The van der Waals surface area contributed by atoms with Crippen LogP contribution in [0, 0.1) is 5.82 Å². The van der Waals surface area contributed by atoms with Gasteiger partial charge in [-0.15, -0.1) is 0 Å². The highest BCUT2D eigenvalue weighted by molar-refractivity contribution is 6.36. The van der Waals surface area contributed by atoms with Crippen LogP contribution in [-0.4, -0.2) is 59.1 Å². The van der Waals surface area contributed by atoms with Crippen molar-refractivity contribution in [3.05, 3.63) is 63.7 Å². The molecular formula is C21H19Cl2FN4O3. The van der Waals surface area contributed by atoms with Gasteiger partial charge in [0.05, 0.1) is 29.3 Å². The van der Waals surface area contributed by atoms with Crippen LogP contribution < -0.4 is 4.74 Å². The molecule has 1 saturated heterocycles. The minimum Gasteiger partial charge on any atom is -0.497 e. The SMILES string of the molecule is COc1ccc(-c2noc(CN3CCN(C(=O)c4cc(F)c(Cl)cc4Cl)CC3)n2)cc1. The number of nitrogens with zero attached hydrogens (tertiary/aromatic N) is 4. The molecule has 0 unspecified atom stereocenters. The van der Waals surface area contributed by atoms with Crippen LogP contribution in [0.5, 0.6) is 5.75 Å². The van der Waals surface area contributed by atoms with Gasteiger partial charge in [-0.25, -0.2) is 4.39 Å². The third-order valence-corrected chi connectivity index (χ3v) is 5.68. The lowest BCUT2D eigenvalue weighted by atomic mass is 10.1. The van der Waals surface area contributed by atoms with Gasteiger partial charge in [0.1, 0.15) is 11.6 Å². The number of methoxy groups -OCH3 is 1. The minimum atomic E-state index is -0.669. The molecule has 0 radical (unpaired) electrons. The predicted molar refractivity (Wildman–Crippen MR) is 114 cm³/mol. The number of ether oxygens (including phenoxy) is 1. The zero-order valence-corrected chi connectivity index (χ0v) is 18.2. The van der Waals surface area contributed by atoms with Crippen LogP contribution in [0.3, 0.4) is 0 Å². The zero-order chi connectivity index (χ0) is 22.0. The van der Waals surface area contributed by atoms with Crippen molar-refractivity contribution in [2.75, 3.05) is 33.3 Å². The summed E-state index contributed by atoms with van der Waals surface area (Å²) in [6.07, 6.45) is 0. The Bertz CT molecular complexity index is 1080. The minimum absolute atomic E-state index is 0.109. The Morgan fingerprint density at radius 2 is 1.84 bits per heavy atom. The highest BCUT2D eigenvalue weighted by Crippen LogP contribution is 2.26. The molecule has 10 heteroatoms. The van der Waals surface area contributed by atoms with E-state index in [0.29, 0.717) is 44.4 Å². The molecule has 2 aromatic carbocycles. The van der Waals surface area contributed by atoms with Crippen molar-refractivity contribution in [2.24, 2.45) is 0 Å². The fraction of sp³-hybridized carbons (Fsp3) is 0.286. The van der Waals surface area contributed by atoms with E-state index in [1.54, 1.807) is 12.0 Å². The highest BCUT2D eigenvalue weighted by atomic mass is 35.5. The van der Waals surface area contributed by atoms with Crippen molar-refractivity contribution in [3.8, 4) is 17.1 Å². The van der Waals surface area contributed by atoms with Gasteiger partial charge < -0.3 is 14.2 Å². The smallest absolute Gasteiger partial charge is 0.255 e. The largest absolute Gasteiger partial charge is 0.497 e. The molecule has 0 aliphatic carbocycles. The fourth-order valence-corrected chi connectivity index (χ4v) is 3.80. The number of amides is 1. The van der Waals surface area contributed by atoms with E-state index < -0.39 is 5.82 Å². The van der Waals surface area contributed by atoms with Gasteiger partial charge in [-0.3, -0.25) is 9.69 Å². The fourth-order valence-electron chi connectivity index (χ4n) is 3.33. The van der Waals surface area contributed by atoms with Gasteiger partial charge in [0, 0.05) is 31.7 Å². The van der Waals surface area contributed by atoms with Gasteiger partial charge in [0.2, 0.25) is 11.7 Å². The van der Waals surface area contributed by atoms with Gasteiger partial charge in [-0.05, 0) is 36.4 Å². The van der Waals surface area contributed by atoms with E-state index in [1.165, 1.54) is 6.07 Å². The van der Waals surface area contributed by atoms with Gasteiger partial charge >= 0.3 is 0 Å². The summed E-state index contributed by atoms with van der Waals surface area (Å²) in [6.45, 7) is 2.64. The number of piperazine rings is 1. The average molecular weight is 465 g/mol. The Labute approximate surface area is 188 Å². The summed E-state index contributed by atoms with van der Waals surface area (Å²) in [4.78, 5) is 20.9. The molecule has 1 aromatic heterocycles. The third-order valence-electron chi connectivity index (χ3n) is 5.08. The van der Waals surface area contributed by atoms with Crippen LogP contribution in [-0.2, 0) is 6.54 Å². The first-order valence-corrected chi connectivity index (χ1v) is 10.3. The summed E-state index contributed by atoms with van der Waals surface area (Å²) in [5.74, 6) is 0.763. The Hall–Kier alpha value is -2.68. The van der Waals surface area contributed by atoms with Crippen LogP contribution >= 0.6 is 23.2 Å². The molecule has 1 aliphatic rings. The molecule has 0 spiro atoms. The average Bonchev–Trinajstić information content (AvgIpc) is 3.25. The van der Waals surface area contributed by atoms with Crippen LogP contribution in [0.2, 0.25) is 10.0 Å². The number of benzene rings is 2. The van der Waals surface area contributed by atoms with E-state index >= 15 is 0 Å². The molecule has 7 nitrogen and oxygen atoms in total. The maximum absolute atomic E-state index is 13.8. The van der Waals surface area contributed by atoms with Crippen molar-refractivity contribution < 1.29 is 18.4 Å². The maximum atomic E-state index is 13.8. The van der Waals surface area contributed by atoms with Crippen LogP contribution in [0.25, 0.3) is 11.4 Å². The topological polar surface area (TPSA) is 71.7 Å². The normalized spacial score (nSPS) is 14.6. The number of halogens is 3. The molecule has 2 heterocycles. The lowest BCUT2D eigenvalue weighted by molar-refractivity contribution is 0.0615. The first kappa shape index (κ1) is 21.5.